The Morgan fingerprint density at radius 2 is 1.86 bits per heavy atom. The van der Waals surface area contributed by atoms with Crippen LogP contribution in [0.1, 0.15) is 20.8 Å². The second-order valence-electron chi connectivity index (χ2n) is 7.18. The lowest BCUT2D eigenvalue weighted by molar-refractivity contribution is -0.147. The molecule has 3 aliphatic rings. The van der Waals surface area contributed by atoms with Crippen molar-refractivity contribution >= 4 is 17.8 Å². The van der Waals surface area contributed by atoms with Gasteiger partial charge in [-0.1, -0.05) is 12.2 Å². The molecule has 6 nitrogen and oxygen atoms in total. The predicted molar refractivity (Wildman–Crippen MR) is 76.9 cm³/mol. The Hall–Kier alpha value is -1.85. The first kappa shape index (κ1) is 15.1. The second kappa shape index (κ2) is 4.83. The molecule has 0 aromatic heterocycles. The number of likely N-dealkylation sites (tertiary alicyclic amines) is 1. The number of nitrogens with zero attached hydrogens (tertiary/aromatic N) is 1. The Kier molecular flexibility index (Phi) is 3.30. The lowest BCUT2D eigenvalue weighted by atomic mass is 9.82. The van der Waals surface area contributed by atoms with Crippen molar-refractivity contribution in [1.82, 2.24) is 4.90 Å². The van der Waals surface area contributed by atoms with Crippen LogP contribution in [0.5, 0.6) is 0 Å². The van der Waals surface area contributed by atoms with Crippen molar-refractivity contribution in [2.75, 3.05) is 13.7 Å². The summed E-state index contributed by atoms with van der Waals surface area (Å²) in [7, 11) is 1.30. The van der Waals surface area contributed by atoms with Crippen molar-refractivity contribution in [2.24, 2.45) is 23.7 Å². The average Bonchev–Trinajstić information content (AvgIpc) is 3.04. The number of allylic oxidation sites excluding steroid dienone is 2. The molecule has 1 saturated carbocycles. The summed E-state index contributed by atoms with van der Waals surface area (Å²) in [5.41, 5.74) is -0.636. The van der Waals surface area contributed by atoms with Gasteiger partial charge in [-0.05, 0) is 26.7 Å². The fraction of sp³-hybridized carbons (Fsp3) is 0.688. The molecule has 0 aromatic carbocycles. The van der Waals surface area contributed by atoms with E-state index in [1.165, 1.54) is 12.0 Å². The normalized spacial score (nSPS) is 35.7. The highest BCUT2D eigenvalue weighted by atomic mass is 16.6. The fourth-order valence-corrected chi connectivity index (χ4v) is 3.96. The predicted octanol–water partition coefficient (Wildman–Crippen LogP) is 1.40. The first-order valence-corrected chi connectivity index (χ1v) is 7.54. The third-order valence-corrected chi connectivity index (χ3v) is 4.73. The van der Waals surface area contributed by atoms with Crippen LogP contribution in [0.15, 0.2) is 12.2 Å². The summed E-state index contributed by atoms with van der Waals surface area (Å²) in [4.78, 5) is 38.3. The van der Waals surface area contributed by atoms with Gasteiger partial charge in [0, 0.05) is 24.3 Å². The van der Waals surface area contributed by atoms with Crippen LogP contribution in [-0.4, -0.2) is 48.0 Å². The van der Waals surface area contributed by atoms with Gasteiger partial charge in [-0.25, -0.2) is 9.59 Å². The average molecular weight is 307 g/mol. The number of amides is 1. The second-order valence-corrected chi connectivity index (χ2v) is 7.18. The summed E-state index contributed by atoms with van der Waals surface area (Å²) >= 11 is 0. The van der Waals surface area contributed by atoms with Gasteiger partial charge in [-0.15, -0.1) is 0 Å². The molecule has 0 spiro atoms. The van der Waals surface area contributed by atoms with Crippen LogP contribution in [0.3, 0.4) is 0 Å². The highest BCUT2D eigenvalue weighted by Gasteiger charge is 2.62. The number of carbonyl (C=O) groups excluding carboxylic acids is 3. The summed E-state index contributed by atoms with van der Waals surface area (Å²) in [6, 6.07) is -0.742. The molecule has 22 heavy (non-hydrogen) atoms. The van der Waals surface area contributed by atoms with Crippen LogP contribution < -0.4 is 0 Å². The molecule has 6 heteroatoms. The van der Waals surface area contributed by atoms with Gasteiger partial charge in [0.25, 0.3) is 0 Å². The minimum absolute atomic E-state index is 0.0147. The van der Waals surface area contributed by atoms with Crippen molar-refractivity contribution in [1.29, 1.82) is 0 Å². The molecule has 2 aliphatic carbocycles. The maximum atomic E-state index is 12.4. The highest BCUT2D eigenvalue weighted by Crippen LogP contribution is 2.52. The molecule has 2 bridgehead atoms. The van der Waals surface area contributed by atoms with Gasteiger partial charge in [0.1, 0.15) is 17.4 Å². The quantitative estimate of drug-likeness (QED) is 0.541. The molecule has 2 fully saturated rings. The van der Waals surface area contributed by atoms with E-state index in [4.69, 9.17) is 9.47 Å². The van der Waals surface area contributed by atoms with Gasteiger partial charge in [0.15, 0.2) is 0 Å². The molecule has 5 atom stereocenters. The zero-order valence-corrected chi connectivity index (χ0v) is 13.2. The van der Waals surface area contributed by atoms with E-state index in [2.05, 4.69) is 0 Å². The van der Waals surface area contributed by atoms with Crippen LogP contribution in [0, 0.1) is 23.7 Å². The molecule has 0 unspecified atom stereocenters. The molecule has 0 radical (unpaired) electrons. The number of rotatable bonds is 1. The molecule has 0 N–H and O–H groups in total. The van der Waals surface area contributed by atoms with Gasteiger partial charge in [-0.3, -0.25) is 9.69 Å². The van der Waals surface area contributed by atoms with E-state index in [-0.39, 0.29) is 29.5 Å². The molecule has 1 aliphatic heterocycles. The van der Waals surface area contributed by atoms with Gasteiger partial charge in [0.05, 0.1) is 7.11 Å². The van der Waals surface area contributed by atoms with Crippen LogP contribution in [0.25, 0.3) is 0 Å². The lowest BCUT2D eigenvalue weighted by Gasteiger charge is -2.29. The summed E-state index contributed by atoms with van der Waals surface area (Å²) < 4.78 is 10.3. The molecule has 1 amide bonds. The van der Waals surface area contributed by atoms with E-state index in [9.17, 15) is 14.4 Å². The Balaban J connectivity index is 1.88. The van der Waals surface area contributed by atoms with Crippen molar-refractivity contribution in [3.05, 3.63) is 12.2 Å². The van der Waals surface area contributed by atoms with Crippen molar-refractivity contribution < 1.29 is 23.9 Å². The molecule has 0 aromatic rings. The number of Topliss-reactive ketones (excluding diaryl/α,β-unsaturated/α-hetero) is 1. The van der Waals surface area contributed by atoms with Crippen LogP contribution in [0.2, 0.25) is 0 Å². The number of methoxy groups -OCH3 is 1. The van der Waals surface area contributed by atoms with Gasteiger partial charge < -0.3 is 9.47 Å². The molecular weight excluding hydrogens is 286 g/mol. The summed E-state index contributed by atoms with van der Waals surface area (Å²) in [5.74, 6) is -0.998. The van der Waals surface area contributed by atoms with E-state index >= 15 is 0 Å². The molecule has 3 rings (SSSR count). The zero-order valence-electron chi connectivity index (χ0n) is 13.2. The number of hydrogen-bond acceptors (Lipinski definition) is 5. The minimum Gasteiger partial charge on any atom is -0.467 e. The van der Waals surface area contributed by atoms with Crippen molar-refractivity contribution in [2.45, 2.75) is 32.4 Å². The largest absolute Gasteiger partial charge is 0.467 e. The SMILES string of the molecule is COC(=O)[C@@H]1[C@@H]2[C@H](CN1C(=O)OC(C)(C)C)[C@@H]1C=C[C@H]2C1=O. The smallest absolute Gasteiger partial charge is 0.411 e. The summed E-state index contributed by atoms with van der Waals surface area (Å²) in [6.45, 7) is 5.70. The highest BCUT2D eigenvalue weighted by molar-refractivity contribution is 5.95. The number of carbonyl (C=O) groups is 3. The summed E-state index contributed by atoms with van der Waals surface area (Å²) in [6.07, 6.45) is 3.24. The Morgan fingerprint density at radius 1 is 1.23 bits per heavy atom. The Bertz CT molecular complexity index is 561. The standard InChI is InChI=1S/C16H21NO5/c1-16(2,3)22-15(20)17-7-10-8-5-6-9(13(8)18)11(10)12(17)14(19)21-4/h5-6,8-12H,7H2,1-4H3/t8-,9+,10+,11-,12-/m0/s1. The monoisotopic (exact) mass is 307 g/mol. The van der Waals surface area contributed by atoms with Gasteiger partial charge >= 0.3 is 12.1 Å². The molecule has 1 saturated heterocycles. The Labute approximate surface area is 129 Å². The van der Waals surface area contributed by atoms with Crippen LogP contribution in [-0.2, 0) is 19.1 Å². The van der Waals surface area contributed by atoms with Crippen LogP contribution >= 0.6 is 0 Å². The summed E-state index contributed by atoms with van der Waals surface area (Å²) in [5, 5.41) is 0. The first-order valence-electron chi connectivity index (χ1n) is 7.54. The van der Waals surface area contributed by atoms with Crippen molar-refractivity contribution in [3.8, 4) is 0 Å². The van der Waals surface area contributed by atoms with E-state index in [1.807, 2.05) is 12.2 Å². The molecule has 120 valence electrons. The lowest BCUT2D eigenvalue weighted by Crippen LogP contribution is -2.47. The number of esters is 1. The third kappa shape index (κ3) is 2.12. The van der Waals surface area contributed by atoms with E-state index in [0.29, 0.717) is 6.54 Å². The maximum absolute atomic E-state index is 12.4. The van der Waals surface area contributed by atoms with E-state index in [0.717, 1.165) is 0 Å². The van der Waals surface area contributed by atoms with E-state index < -0.39 is 23.7 Å². The number of ether oxygens (including phenoxy) is 2. The molecule has 1 heterocycles. The van der Waals surface area contributed by atoms with E-state index in [1.54, 1.807) is 20.8 Å². The number of ketones is 1. The van der Waals surface area contributed by atoms with Gasteiger partial charge in [-0.2, -0.15) is 0 Å². The third-order valence-electron chi connectivity index (χ3n) is 4.73. The Morgan fingerprint density at radius 3 is 2.45 bits per heavy atom. The maximum Gasteiger partial charge on any atom is 0.411 e. The van der Waals surface area contributed by atoms with Gasteiger partial charge in [0.2, 0.25) is 0 Å². The first-order chi connectivity index (χ1) is 10.2. The number of hydrogen-bond donors (Lipinski definition) is 0. The minimum atomic E-state index is -0.742. The number of fused-ring (bicyclic) bond motifs is 5. The molecular formula is C16H21NO5. The van der Waals surface area contributed by atoms with Crippen LogP contribution in [0.4, 0.5) is 4.79 Å². The topological polar surface area (TPSA) is 72.9 Å². The zero-order chi connectivity index (χ0) is 16.2. The van der Waals surface area contributed by atoms with Crippen molar-refractivity contribution in [3.63, 3.8) is 0 Å². The fourth-order valence-electron chi connectivity index (χ4n) is 3.96.